The second kappa shape index (κ2) is 3.83. The number of hydrogen-bond donors (Lipinski definition) is 1. The summed E-state index contributed by atoms with van der Waals surface area (Å²) in [4.78, 5) is 13.6. The van der Waals surface area contributed by atoms with E-state index in [1.165, 1.54) is 0 Å². The average molecular weight is 225 g/mol. The molecule has 0 aromatic heterocycles. The molecule has 1 aromatic carbocycles. The van der Waals surface area contributed by atoms with E-state index in [4.69, 9.17) is 17.3 Å². The van der Waals surface area contributed by atoms with Crippen LogP contribution in [0.3, 0.4) is 0 Å². The summed E-state index contributed by atoms with van der Waals surface area (Å²) in [6, 6.07) is 5.58. The third kappa shape index (κ3) is 1.98. The molecular formula is C11H13ClN2O. The molecule has 0 saturated carbocycles. The second-order valence-electron chi connectivity index (χ2n) is 3.95. The van der Waals surface area contributed by atoms with Gasteiger partial charge in [-0.25, -0.2) is 0 Å². The van der Waals surface area contributed by atoms with Gasteiger partial charge in [0.15, 0.2) is 0 Å². The van der Waals surface area contributed by atoms with Crippen LogP contribution in [0.5, 0.6) is 0 Å². The number of hydrogen-bond acceptors (Lipinski definition) is 2. The SMILES string of the molecule is Cc1ccc(C(=O)N2CC(N)C2)c(Cl)c1. The number of aryl methyl sites for hydroxylation is 1. The summed E-state index contributed by atoms with van der Waals surface area (Å²) in [5.41, 5.74) is 7.24. The Hall–Kier alpha value is -1.06. The predicted molar refractivity (Wildman–Crippen MR) is 60.1 cm³/mol. The van der Waals surface area contributed by atoms with E-state index in [1.54, 1.807) is 17.0 Å². The molecule has 1 fully saturated rings. The summed E-state index contributed by atoms with van der Waals surface area (Å²) >= 11 is 6.01. The van der Waals surface area contributed by atoms with Gasteiger partial charge in [-0.1, -0.05) is 17.7 Å². The number of nitrogens with two attached hydrogens (primary N) is 1. The smallest absolute Gasteiger partial charge is 0.255 e. The van der Waals surface area contributed by atoms with Gasteiger partial charge in [0.25, 0.3) is 5.91 Å². The number of carbonyl (C=O) groups excluding carboxylic acids is 1. The van der Waals surface area contributed by atoms with Crippen LogP contribution in [0.1, 0.15) is 15.9 Å². The molecule has 15 heavy (non-hydrogen) atoms. The molecule has 1 aromatic rings. The van der Waals surface area contributed by atoms with Crippen molar-refractivity contribution in [2.24, 2.45) is 5.73 Å². The predicted octanol–water partition coefficient (Wildman–Crippen LogP) is 1.43. The van der Waals surface area contributed by atoms with Gasteiger partial charge in [0, 0.05) is 19.1 Å². The molecule has 0 atom stereocenters. The molecule has 0 spiro atoms. The highest BCUT2D eigenvalue weighted by atomic mass is 35.5. The quantitative estimate of drug-likeness (QED) is 0.785. The number of carbonyl (C=O) groups is 1. The summed E-state index contributed by atoms with van der Waals surface area (Å²) in [7, 11) is 0. The lowest BCUT2D eigenvalue weighted by Crippen LogP contribution is -2.57. The van der Waals surface area contributed by atoms with Gasteiger partial charge >= 0.3 is 0 Å². The van der Waals surface area contributed by atoms with Gasteiger partial charge in [-0.15, -0.1) is 0 Å². The summed E-state index contributed by atoms with van der Waals surface area (Å²) in [5.74, 6) is -0.0262. The molecule has 0 aliphatic carbocycles. The normalized spacial score (nSPS) is 16.3. The van der Waals surface area contributed by atoms with Crippen molar-refractivity contribution in [2.75, 3.05) is 13.1 Å². The highest BCUT2D eigenvalue weighted by Gasteiger charge is 2.29. The summed E-state index contributed by atoms with van der Waals surface area (Å²) in [5, 5.41) is 0.514. The molecule has 1 aliphatic rings. The number of benzene rings is 1. The zero-order valence-electron chi connectivity index (χ0n) is 8.53. The van der Waals surface area contributed by atoms with E-state index >= 15 is 0 Å². The Bertz CT molecular complexity index is 400. The molecule has 0 unspecified atom stereocenters. The fourth-order valence-electron chi connectivity index (χ4n) is 1.64. The van der Waals surface area contributed by atoms with Crippen molar-refractivity contribution in [3.8, 4) is 0 Å². The van der Waals surface area contributed by atoms with E-state index in [2.05, 4.69) is 0 Å². The van der Waals surface area contributed by atoms with Crippen molar-refractivity contribution in [3.63, 3.8) is 0 Å². The second-order valence-corrected chi connectivity index (χ2v) is 4.36. The van der Waals surface area contributed by atoms with Gasteiger partial charge < -0.3 is 10.6 Å². The molecule has 1 aliphatic heterocycles. The van der Waals surface area contributed by atoms with E-state index in [9.17, 15) is 4.79 Å². The standard InChI is InChI=1S/C11H13ClN2O/c1-7-2-3-9(10(12)4-7)11(15)14-5-8(13)6-14/h2-4,8H,5-6,13H2,1H3. The van der Waals surface area contributed by atoms with Crippen LogP contribution in [0.4, 0.5) is 0 Å². The summed E-state index contributed by atoms with van der Waals surface area (Å²) in [6.07, 6.45) is 0. The molecule has 1 saturated heterocycles. The largest absolute Gasteiger partial charge is 0.335 e. The van der Waals surface area contributed by atoms with Crippen LogP contribution in [0, 0.1) is 6.92 Å². The summed E-state index contributed by atoms with van der Waals surface area (Å²) < 4.78 is 0. The molecule has 0 radical (unpaired) electrons. The minimum absolute atomic E-state index is 0.0262. The zero-order chi connectivity index (χ0) is 11.0. The third-order valence-electron chi connectivity index (χ3n) is 2.55. The Balaban J connectivity index is 2.19. The lowest BCUT2D eigenvalue weighted by atomic mass is 10.1. The number of likely N-dealkylation sites (tertiary alicyclic amines) is 1. The average Bonchev–Trinajstić information content (AvgIpc) is 2.12. The number of halogens is 1. The molecular weight excluding hydrogens is 212 g/mol. The maximum absolute atomic E-state index is 11.9. The Morgan fingerprint density at radius 3 is 2.73 bits per heavy atom. The first kappa shape index (κ1) is 10.5. The first-order valence-corrected chi connectivity index (χ1v) is 5.26. The van der Waals surface area contributed by atoms with E-state index in [1.807, 2.05) is 13.0 Å². The molecule has 2 rings (SSSR count). The molecule has 80 valence electrons. The van der Waals surface area contributed by atoms with Gasteiger partial charge in [0.05, 0.1) is 10.6 Å². The maximum atomic E-state index is 11.9. The number of nitrogens with zero attached hydrogens (tertiary/aromatic N) is 1. The lowest BCUT2D eigenvalue weighted by molar-refractivity contribution is 0.0608. The Kier molecular flexibility index (Phi) is 2.67. The van der Waals surface area contributed by atoms with Crippen molar-refractivity contribution < 1.29 is 4.79 Å². The van der Waals surface area contributed by atoms with Crippen LogP contribution in [-0.4, -0.2) is 29.9 Å². The van der Waals surface area contributed by atoms with Gasteiger partial charge in [0.2, 0.25) is 0 Å². The highest BCUT2D eigenvalue weighted by Crippen LogP contribution is 2.21. The molecule has 4 heteroatoms. The Morgan fingerprint density at radius 2 is 2.20 bits per heavy atom. The van der Waals surface area contributed by atoms with Crippen molar-refractivity contribution in [2.45, 2.75) is 13.0 Å². The number of rotatable bonds is 1. The first-order chi connectivity index (χ1) is 7.08. The van der Waals surface area contributed by atoms with Crippen molar-refractivity contribution in [1.29, 1.82) is 0 Å². The van der Waals surface area contributed by atoms with Gasteiger partial charge in [-0.05, 0) is 24.6 Å². The van der Waals surface area contributed by atoms with E-state index < -0.39 is 0 Å². The monoisotopic (exact) mass is 224 g/mol. The third-order valence-corrected chi connectivity index (χ3v) is 2.86. The first-order valence-electron chi connectivity index (χ1n) is 4.89. The van der Waals surface area contributed by atoms with Crippen molar-refractivity contribution in [3.05, 3.63) is 34.3 Å². The van der Waals surface area contributed by atoms with Crippen molar-refractivity contribution in [1.82, 2.24) is 4.90 Å². The molecule has 1 heterocycles. The fourth-order valence-corrected chi connectivity index (χ4v) is 1.96. The van der Waals surface area contributed by atoms with Crippen LogP contribution < -0.4 is 5.73 Å². The Morgan fingerprint density at radius 1 is 1.53 bits per heavy atom. The van der Waals surface area contributed by atoms with E-state index in [-0.39, 0.29) is 11.9 Å². The van der Waals surface area contributed by atoms with Gasteiger partial charge in [-0.2, -0.15) is 0 Å². The van der Waals surface area contributed by atoms with Crippen LogP contribution in [0.25, 0.3) is 0 Å². The lowest BCUT2D eigenvalue weighted by Gasteiger charge is -2.37. The van der Waals surface area contributed by atoms with Gasteiger partial charge in [0.1, 0.15) is 0 Å². The van der Waals surface area contributed by atoms with E-state index in [0.717, 1.165) is 5.56 Å². The minimum Gasteiger partial charge on any atom is -0.335 e. The van der Waals surface area contributed by atoms with Gasteiger partial charge in [-0.3, -0.25) is 4.79 Å². The molecule has 1 amide bonds. The zero-order valence-corrected chi connectivity index (χ0v) is 9.29. The van der Waals surface area contributed by atoms with Crippen LogP contribution >= 0.6 is 11.6 Å². The topological polar surface area (TPSA) is 46.3 Å². The van der Waals surface area contributed by atoms with E-state index in [0.29, 0.717) is 23.7 Å². The van der Waals surface area contributed by atoms with Crippen LogP contribution in [0.2, 0.25) is 5.02 Å². The molecule has 3 nitrogen and oxygen atoms in total. The number of amides is 1. The van der Waals surface area contributed by atoms with Crippen LogP contribution in [0.15, 0.2) is 18.2 Å². The van der Waals surface area contributed by atoms with Crippen LogP contribution in [-0.2, 0) is 0 Å². The molecule has 2 N–H and O–H groups in total. The minimum atomic E-state index is -0.0262. The Labute approximate surface area is 93.8 Å². The molecule has 0 bridgehead atoms. The summed E-state index contributed by atoms with van der Waals surface area (Å²) in [6.45, 7) is 3.20. The maximum Gasteiger partial charge on any atom is 0.255 e. The highest BCUT2D eigenvalue weighted by molar-refractivity contribution is 6.33. The fraction of sp³-hybridized carbons (Fsp3) is 0.364. The van der Waals surface area contributed by atoms with Crippen molar-refractivity contribution >= 4 is 17.5 Å².